The predicted molar refractivity (Wildman–Crippen MR) is 254 cm³/mol. The number of nitrogens with one attached hydrogen (secondary N) is 4. The van der Waals surface area contributed by atoms with E-state index in [0.717, 1.165) is 16.7 Å². The SMILES string of the molecule is CC(C)(C)OC(=O)Nc1ccc(CNC(=O)N2CCN(C(=O)OC[C@H]3OCC[C@@H](OC(=O)N4CCN(C(=O)NCc5ccc(NC(=O)OC(C)(C)C)cc5)CC4)[C@@H]3OCc3ccccc3)CC2)cc1. The molecule has 69 heavy (non-hydrogen) atoms. The van der Waals surface area contributed by atoms with Crippen molar-refractivity contribution in [2.75, 3.05) is 76.2 Å². The summed E-state index contributed by atoms with van der Waals surface area (Å²) >= 11 is 0. The van der Waals surface area contributed by atoms with Gasteiger partial charge in [0.05, 0.1) is 13.2 Å². The van der Waals surface area contributed by atoms with Crippen molar-refractivity contribution in [3.8, 4) is 0 Å². The van der Waals surface area contributed by atoms with E-state index >= 15 is 0 Å². The van der Waals surface area contributed by atoms with Crippen LogP contribution in [0.5, 0.6) is 0 Å². The standard InChI is InChI=1S/C49H66N8O12/c1-48(2,3)68-44(60)52-37-16-12-34(13-17-37)30-50-42(58)54-21-25-56(26-22-54)46(62)66-33-40-41(65-32-36-10-8-7-9-11-36)39(20-29-64-40)67-47(63)57-27-23-55(24-28-57)43(59)51-31-35-14-18-38(19-15-35)53-45(61)69-49(4,5)6/h7-19,39-41H,20-33H2,1-6H3,(H,50,58)(H,51,59)(H,52,60)(H,53,61)/t39-,40-,41+/m1/s1. The highest BCUT2D eigenvalue weighted by atomic mass is 16.6. The molecule has 3 aliphatic heterocycles. The number of benzene rings is 3. The van der Waals surface area contributed by atoms with Crippen LogP contribution in [-0.2, 0) is 48.1 Å². The van der Waals surface area contributed by atoms with E-state index < -0.39 is 53.9 Å². The van der Waals surface area contributed by atoms with Gasteiger partial charge >= 0.3 is 36.4 Å². The summed E-state index contributed by atoms with van der Waals surface area (Å²) in [7, 11) is 0. The van der Waals surface area contributed by atoms with Gasteiger partial charge in [-0.3, -0.25) is 10.6 Å². The van der Waals surface area contributed by atoms with Gasteiger partial charge in [-0.2, -0.15) is 0 Å². The van der Waals surface area contributed by atoms with Crippen LogP contribution in [0.25, 0.3) is 0 Å². The molecule has 0 aliphatic carbocycles. The minimum absolute atomic E-state index is 0.153. The van der Waals surface area contributed by atoms with Crippen molar-refractivity contribution in [1.29, 1.82) is 0 Å². The van der Waals surface area contributed by atoms with E-state index in [2.05, 4.69) is 21.3 Å². The third-order valence-corrected chi connectivity index (χ3v) is 11.1. The molecule has 3 aliphatic rings. The average Bonchev–Trinajstić information content (AvgIpc) is 3.31. The number of ether oxygens (including phenoxy) is 6. The van der Waals surface area contributed by atoms with Gasteiger partial charge in [0, 0.05) is 83.2 Å². The van der Waals surface area contributed by atoms with Crippen molar-refractivity contribution < 1.29 is 57.2 Å². The van der Waals surface area contributed by atoms with Crippen LogP contribution in [0.1, 0.15) is 64.7 Å². The van der Waals surface area contributed by atoms with Gasteiger partial charge in [0.1, 0.15) is 36.1 Å². The third kappa shape index (κ3) is 16.7. The fourth-order valence-electron chi connectivity index (χ4n) is 7.55. The molecule has 0 aromatic heterocycles. The second kappa shape index (κ2) is 24.0. The van der Waals surface area contributed by atoms with Gasteiger partial charge in [0.2, 0.25) is 0 Å². The molecule has 3 atom stereocenters. The summed E-state index contributed by atoms with van der Waals surface area (Å²) in [6.07, 6.45) is -4.07. The highest BCUT2D eigenvalue weighted by Crippen LogP contribution is 2.25. The zero-order valence-electron chi connectivity index (χ0n) is 40.3. The van der Waals surface area contributed by atoms with Crippen LogP contribution in [0, 0.1) is 0 Å². The minimum atomic E-state index is -0.761. The quantitative estimate of drug-likeness (QED) is 0.139. The predicted octanol–water partition coefficient (Wildman–Crippen LogP) is 6.75. The van der Waals surface area contributed by atoms with Crippen molar-refractivity contribution >= 4 is 47.8 Å². The summed E-state index contributed by atoms with van der Waals surface area (Å²) in [5, 5.41) is 11.2. The molecule has 0 radical (unpaired) electrons. The van der Waals surface area contributed by atoms with Crippen LogP contribution in [0.3, 0.4) is 0 Å². The van der Waals surface area contributed by atoms with Crippen LogP contribution in [0.4, 0.5) is 40.1 Å². The van der Waals surface area contributed by atoms with E-state index in [9.17, 15) is 28.8 Å². The van der Waals surface area contributed by atoms with Gasteiger partial charge in [-0.15, -0.1) is 0 Å². The third-order valence-electron chi connectivity index (χ3n) is 11.1. The fraction of sp³-hybridized carbons (Fsp3) is 0.510. The number of rotatable bonds is 12. The summed E-state index contributed by atoms with van der Waals surface area (Å²) in [5.41, 5.74) is 2.47. The number of hydrogen-bond donors (Lipinski definition) is 4. The molecule has 0 spiro atoms. The van der Waals surface area contributed by atoms with Crippen LogP contribution >= 0.6 is 0 Å². The smallest absolute Gasteiger partial charge is 0.412 e. The van der Waals surface area contributed by atoms with Crippen molar-refractivity contribution in [2.24, 2.45) is 0 Å². The Morgan fingerprint density at radius 2 is 1.03 bits per heavy atom. The molecule has 3 aromatic carbocycles. The number of piperazine rings is 2. The number of hydrogen-bond acceptors (Lipinski definition) is 12. The molecule has 3 fully saturated rings. The minimum Gasteiger partial charge on any atom is -0.447 e. The van der Waals surface area contributed by atoms with Crippen molar-refractivity contribution in [3.05, 3.63) is 95.6 Å². The second-order valence-electron chi connectivity index (χ2n) is 18.9. The van der Waals surface area contributed by atoms with E-state index in [0.29, 0.717) is 44.0 Å². The Morgan fingerprint density at radius 3 is 1.49 bits per heavy atom. The van der Waals surface area contributed by atoms with Crippen LogP contribution in [0.15, 0.2) is 78.9 Å². The molecule has 0 bridgehead atoms. The summed E-state index contributed by atoms with van der Waals surface area (Å²) in [6.45, 7) is 13.8. The highest BCUT2D eigenvalue weighted by molar-refractivity contribution is 5.85. The van der Waals surface area contributed by atoms with E-state index in [1.165, 1.54) is 4.90 Å². The molecule has 0 unspecified atom stereocenters. The van der Waals surface area contributed by atoms with E-state index in [1.54, 1.807) is 105 Å². The van der Waals surface area contributed by atoms with Gasteiger partial charge in [-0.05, 0) is 82.5 Å². The van der Waals surface area contributed by atoms with Crippen LogP contribution in [-0.4, -0.2) is 151 Å². The Bertz CT molecular complexity index is 2180. The first-order valence-electron chi connectivity index (χ1n) is 23.3. The lowest BCUT2D eigenvalue weighted by Gasteiger charge is -2.39. The maximum atomic E-state index is 13.6. The summed E-state index contributed by atoms with van der Waals surface area (Å²) in [4.78, 5) is 83.5. The number of urea groups is 2. The largest absolute Gasteiger partial charge is 0.447 e. The maximum absolute atomic E-state index is 13.6. The number of amides is 8. The van der Waals surface area contributed by atoms with Gasteiger partial charge in [-0.25, -0.2) is 28.8 Å². The number of anilines is 2. The summed E-state index contributed by atoms with van der Waals surface area (Å²) in [5.74, 6) is 0. The van der Waals surface area contributed by atoms with Crippen molar-refractivity contribution in [1.82, 2.24) is 30.2 Å². The Kier molecular flexibility index (Phi) is 17.9. The molecule has 20 heteroatoms. The number of carbonyl (C=O) groups is 6. The molecule has 3 aromatic rings. The van der Waals surface area contributed by atoms with Crippen molar-refractivity contribution in [2.45, 2.75) is 97.2 Å². The Hall–Kier alpha value is -6.80. The van der Waals surface area contributed by atoms with Gasteiger partial charge in [0.25, 0.3) is 0 Å². The van der Waals surface area contributed by atoms with E-state index in [4.69, 9.17) is 28.4 Å². The average molecular weight is 959 g/mol. The molecule has 20 nitrogen and oxygen atoms in total. The Labute approximate surface area is 403 Å². The van der Waals surface area contributed by atoms with Gasteiger partial charge in [-0.1, -0.05) is 54.6 Å². The van der Waals surface area contributed by atoms with E-state index in [-0.39, 0.29) is 71.2 Å². The Morgan fingerprint density at radius 1 is 0.580 bits per heavy atom. The summed E-state index contributed by atoms with van der Waals surface area (Å²) in [6, 6.07) is 23.1. The molecule has 374 valence electrons. The highest BCUT2D eigenvalue weighted by Gasteiger charge is 2.40. The lowest BCUT2D eigenvalue weighted by Crippen LogP contribution is -2.56. The zero-order chi connectivity index (χ0) is 49.6. The molecular formula is C49H66N8O12. The Balaban J connectivity index is 0.930. The fourth-order valence-corrected chi connectivity index (χ4v) is 7.55. The molecule has 8 amide bonds. The number of carbonyl (C=O) groups excluding carboxylic acids is 6. The zero-order valence-corrected chi connectivity index (χ0v) is 40.3. The second-order valence-corrected chi connectivity index (χ2v) is 18.9. The van der Waals surface area contributed by atoms with Crippen molar-refractivity contribution in [3.63, 3.8) is 0 Å². The first kappa shape index (κ1) is 51.6. The van der Waals surface area contributed by atoms with E-state index in [1.807, 2.05) is 30.3 Å². The van der Waals surface area contributed by atoms with Crippen LogP contribution < -0.4 is 21.3 Å². The molecule has 0 saturated carbocycles. The molecule has 3 heterocycles. The topological polar surface area (TPSA) is 219 Å². The maximum Gasteiger partial charge on any atom is 0.412 e. The molecule has 3 saturated heterocycles. The normalized spacial score (nSPS) is 18.6. The lowest BCUT2D eigenvalue weighted by atomic mass is 10.0. The first-order chi connectivity index (χ1) is 32.9. The molecular weight excluding hydrogens is 893 g/mol. The number of nitrogens with zero attached hydrogens (tertiary/aromatic N) is 4. The summed E-state index contributed by atoms with van der Waals surface area (Å²) < 4.78 is 34.8. The molecule has 6 rings (SSSR count). The first-order valence-corrected chi connectivity index (χ1v) is 23.3. The molecule has 4 N–H and O–H groups in total. The van der Waals surface area contributed by atoms with Gasteiger partial charge in [0.15, 0.2) is 0 Å². The lowest BCUT2D eigenvalue weighted by molar-refractivity contribution is -0.178. The van der Waals surface area contributed by atoms with Crippen LogP contribution in [0.2, 0.25) is 0 Å². The van der Waals surface area contributed by atoms with Gasteiger partial charge < -0.3 is 58.7 Å². The monoisotopic (exact) mass is 958 g/mol.